The van der Waals surface area contributed by atoms with Crippen molar-refractivity contribution in [1.29, 1.82) is 0 Å². The number of aliphatic hydroxyl groups excluding tert-OH is 1. The molecule has 4 rings (SSSR count). The van der Waals surface area contributed by atoms with Crippen LogP contribution in [0, 0.1) is 0 Å². The van der Waals surface area contributed by atoms with Crippen molar-refractivity contribution < 1.29 is 23.1 Å². The molecule has 0 saturated carbocycles. The Bertz CT molecular complexity index is 1410. The zero-order valence-electron chi connectivity index (χ0n) is 25.5. The molecule has 0 unspecified atom stereocenters. The lowest BCUT2D eigenvalue weighted by Crippen LogP contribution is -2.46. The molecule has 43 heavy (non-hydrogen) atoms. The van der Waals surface area contributed by atoms with Gasteiger partial charge in [0.2, 0.25) is 10.0 Å². The van der Waals surface area contributed by atoms with E-state index in [4.69, 9.17) is 4.74 Å². The first-order valence-corrected chi connectivity index (χ1v) is 17.5. The van der Waals surface area contributed by atoms with Gasteiger partial charge in [0.1, 0.15) is 12.1 Å². The van der Waals surface area contributed by atoms with Crippen LogP contribution in [-0.2, 0) is 26.0 Å². The van der Waals surface area contributed by atoms with Crippen molar-refractivity contribution in [1.82, 2.24) is 4.72 Å². The number of nitrogens with one attached hydrogen (secondary N) is 1. The van der Waals surface area contributed by atoms with Crippen LogP contribution < -0.4 is 4.72 Å². The molecule has 0 radical (unpaired) electrons. The quantitative estimate of drug-likeness (QED) is 0.0838. The number of esters is 1. The summed E-state index contributed by atoms with van der Waals surface area (Å²) in [6, 6.07) is 20.2. The number of benzene rings is 3. The molecule has 0 saturated heterocycles. The van der Waals surface area contributed by atoms with E-state index in [1.165, 1.54) is 57.8 Å². The Kier molecular flexibility index (Phi) is 12.8. The molecule has 0 heterocycles. The van der Waals surface area contributed by atoms with Crippen molar-refractivity contribution in [2.24, 2.45) is 0 Å². The fraction of sp³-hybridized carbons (Fsp3) is 0.472. The van der Waals surface area contributed by atoms with Crippen molar-refractivity contribution >= 4 is 16.0 Å². The van der Waals surface area contributed by atoms with Crippen molar-refractivity contribution in [3.8, 4) is 11.1 Å². The summed E-state index contributed by atoms with van der Waals surface area (Å²) >= 11 is 0. The van der Waals surface area contributed by atoms with Gasteiger partial charge in [-0.15, -0.1) is 0 Å². The Labute approximate surface area is 257 Å². The number of carbonyl (C=O) groups is 1. The van der Waals surface area contributed by atoms with Crippen molar-refractivity contribution in [2.45, 2.75) is 107 Å². The molecule has 0 spiro atoms. The Morgan fingerprint density at radius 2 is 1.35 bits per heavy atom. The van der Waals surface area contributed by atoms with Crippen LogP contribution in [0.25, 0.3) is 11.1 Å². The largest absolute Gasteiger partial charge is 0.464 e. The zero-order chi connectivity index (χ0) is 30.5. The molecule has 0 aliphatic heterocycles. The molecule has 0 fully saturated rings. The van der Waals surface area contributed by atoms with E-state index in [0.29, 0.717) is 18.4 Å². The summed E-state index contributed by atoms with van der Waals surface area (Å²) in [4.78, 5) is 13.2. The molecule has 6 nitrogen and oxygen atoms in total. The van der Waals surface area contributed by atoms with Crippen LogP contribution >= 0.6 is 0 Å². The minimum atomic E-state index is -4.13. The molecule has 0 bridgehead atoms. The smallest absolute Gasteiger partial charge is 0.327 e. The number of fused-ring (bicyclic) bond motifs is 3. The van der Waals surface area contributed by atoms with Gasteiger partial charge in [0.25, 0.3) is 0 Å². The molecule has 0 aromatic heterocycles. The number of sulfonamides is 1. The molecule has 3 aromatic rings. The van der Waals surface area contributed by atoms with Crippen LogP contribution in [0.3, 0.4) is 0 Å². The topological polar surface area (TPSA) is 92.7 Å². The lowest BCUT2D eigenvalue weighted by Gasteiger charge is -2.23. The lowest BCUT2D eigenvalue weighted by atomic mass is 10.0. The summed E-state index contributed by atoms with van der Waals surface area (Å²) in [6.45, 7) is 2.43. The average Bonchev–Trinajstić information content (AvgIpc) is 3.40. The van der Waals surface area contributed by atoms with E-state index in [1.54, 1.807) is 42.5 Å². The summed E-state index contributed by atoms with van der Waals surface area (Å²) in [6.07, 6.45) is 13.6. The van der Waals surface area contributed by atoms with Crippen LogP contribution in [0.15, 0.2) is 77.7 Å². The zero-order valence-corrected chi connectivity index (χ0v) is 26.3. The Hall–Kier alpha value is -3.00. The maximum Gasteiger partial charge on any atom is 0.327 e. The fourth-order valence-corrected chi connectivity index (χ4v) is 7.05. The summed E-state index contributed by atoms with van der Waals surface area (Å²) < 4.78 is 35.0. The number of hydrogen-bond acceptors (Lipinski definition) is 5. The number of rotatable bonds is 19. The minimum absolute atomic E-state index is 0.0538. The van der Waals surface area contributed by atoms with E-state index >= 15 is 0 Å². The molecule has 1 aliphatic carbocycles. The molecule has 7 heteroatoms. The van der Waals surface area contributed by atoms with Crippen LogP contribution in [0.4, 0.5) is 0 Å². The second kappa shape index (κ2) is 16.7. The first-order chi connectivity index (χ1) is 20.9. The summed E-state index contributed by atoms with van der Waals surface area (Å²) in [5.74, 6) is -0.781. The van der Waals surface area contributed by atoms with E-state index < -0.39 is 28.1 Å². The second-order valence-electron chi connectivity index (χ2n) is 11.7. The van der Waals surface area contributed by atoms with Gasteiger partial charge in [-0.25, -0.2) is 8.42 Å². The summed E-state index contributed by atoms with van der Waals surface area (Å²) in [5, 5.41) is 11.1. The molecular weight excluding hydrogens is 558 g/mol. The SMILES string of the molecule is CCCCCCCCCCCCCCOC(=O)[C@H](NS(=O)(=O)c1ccc2c(c1)Cc1ccccc1-2)[C@@H](O)c1ccccc1. The van der Waals surface area contributed by atoms with Crippen LogP contribution in [0.5, 0.6) is 0 Å². The highest BCUT2D eigenvalue weighted by Gasteiger charge is 2.34. The van der Waals surface area contributed by atoms with Crippen LogP contribution in [0.2, 0.25) is 0 Å². The monoisotopic (exact) mass is 605 g/mol. The maximum atomic E-state index is 13.5. The molecule has 2 N–H and O–H groups in total. The fourth-order valence-electron chi connectivity index (χ4n) is 5.81. The van der Waals surface area contributed by atoms with E-state index in [1.807, 2.05) is 30.3 Å². The summed E-state index contributed by atoms with van der Waals surface area (Å²) in [5.41, 5.74) is 4.62. The predicted octanol–water partition coefficient (Wildman–Crippen LogP) is 7.88. The first kappa shape index (κ1) is 32.9. The molecule has 0 amide bonds. The van der Waals surface area contributed by atoms with Gasteiger partial charge in [-0.1, -0.05) is 138 Å². The van der Waals surface area contributed by atoms with Gasteiger partial charge in [0, 0.05) is 0 Å². The van der Waals surface area contributed by atoms with E-state index in [2.05, 4.69) is 11.6 Å². The van der Waals surface area contributed by atoms with Gasteiger partial charge >= 0.3 is 5.97 Å². The number of ether oxygens (including phenoxy) is 1. The van der Waals surface area contributed by atoms with Gasteiger partial charge < -0.3 is 9.84 Å². The number of carbonyl (C=O) groups excluding carboxylic acids is 1. The summed E-state index contributed by atoms with van der Waals surface area (Å²) in [7, 11) is -4.13. The Morgan fingerprint density at radius 3 is 2.02 bits per heavy atom. The standard InChI is InChI=1S/C36H47NO5S/c1-2-3-4-5-6-7-8-9-10-11-12-18-25-42-36(39)34(35(38)28-19-14-13-15-20-28)37-43(40,41)31-23-24-33-30(27-31)26-29-21-16-17-22-32(29)33/h13-17,19-24,27,34-35,37-38H,2-12,18,25-26H2,1H3/t34-,35+/m1/s1. The third-order valence-electron chi connectivity index (χ3n) is 8.31. The van der Waals surface area contributed by atoms with Gasteiger partial charge in [0.15, 0.2) is 0 Å². The molecule has 2 atom stereocenters. The minimum Gasteiger partial charge on any atom is -0.464 e. The van der Waals surface area contributed by atoms with Gasteiger partial charge in [-0.2, -0.15) is 4.72 Å². The first-order valence-electron chi connectivity index (χ1n) is 16.0. The highest BCUT2D eigenvalue weighted by atomic mass is 32.2. The third-order valence-corrected chi connectivity index (χ3v) is 9.75. The predicted molar refractivity (Wildman–Crippen MR) is 172 cm³/mol. The number of aliphatic hydroxyl groups is 1. The molecule has 3 aromatic carbocycles. The highest BCUT2D eigenvalue weighted by Crippen LogP contribution is 2.37. The number of hydrogen-bond donors (Lipinski definition) is 2. The van der Waals surface area contributed by atoms with Crippen LogP contribution in [-0.4, -0.2) is 32.1 Å². The van der Waals surface area contributed by atoms with Crippen LogP contribution in [0.1, 0.15) is 107 Å². The van der Waals surface area contributed by atoms with E-state index in [0.717, 1.165) is 35.1 Å². The van der Waals surface area contributed by atoms with Crippen molar-refractivity contribution in [3.63, 3.8) is 0 Å². The molecular formula is C36H47NO5S. The van der Waals surface area contributed by atoms with Gasteiger partial charge in [-0.05, 0) is 52.8 Å². The average molecular weight is 606 g/mol. The van der Waals surface area contributed by atoms with E-state index in [9.17, 15) is 18.3 Å². The van der Waals surface area contributed by atoms with Crippen molar-refractivity contribution in [2.75, 3.05) is 6.61 Å². The third kappa shape index (κ3) is 9.49. The second-order valence-corrected chi connectivity index (χ2v) is 13.4. The van der Waals surface area contributed by atoms with Gasteiger partial charge in [-0.3, -0.25) is 4.79 Å². The highest BCUT2D eigenvalue weighted by molar-refractivity contribution is 7.89. The van der Waals surface area contributed by atoms with E-state index in [-0.39, 0.29) is 11.5 Å². The normalized spacial score (nSPS) is 13.7. The Balaban J connectivity index is 1.30. The Morgan fingerprint density at radius 1 is 0.767 bits per heavy atom. The molecule has 232 valence electrons. The van der Waals surface area contributed by atoms with Gasteiger partial charge in [0.05, 0.1) is 11.5 Å². The van der Waals surface area contributed by atoms with Crippen molar-refractivity contribution in [3.05, 3.63) is 89.5 Å². The molecule has 1 aliphatic rings. The number of unbranched alkanes of at least 4 members (excludes halogenated alkanes) is 11. The lowest BCUT2D eigenvalue weighted by molar-refractivity contribution is -0.148. The maximum absolute atomic E-state index is 13.5.